The molecule has 0 radical (unpaired) electrons. The number of thioether (sulfide) groups is 1. The molecule has 0 heterocycles. The number of ether oxygens (including phenoxy) is 1. The first-order valence-corrected chi connectivity index (χ1v) is 8.14. The van der Waals surface area contributed by atoms with E-state index in [0.29, 0.717) is 17.7 Å². The van der Waals surface area contributed by atoms with E-state index in [-0.39, 0.29) is 5.97 Å². The van der Waals surface area contributed by atoms with Gasteiger partial charge in [-0.15, -0.1) is 0 Å². The summed E-state index contributed by atoms with van der Waals surface area (Å²) >= 11 is 1.94. The van der Waals surface area contributed by atoms with Gasteiger partial charge in [-0.1, -0.05) is 13.8 Å². The number of rotatable bonds is 7. The van der Waals surface area contributed by atoms with Crippen molar-refractivity contribution >= 4 is 17.7 Å². The molecular formula is C14H27NO2S. The van der Waals surface area contributed by atoms with Crippen LogP contribution in [0.2, 0.25) is 0 Å². The summed E-state index contributed by atoms with van der Waals surface area (Å²) in [4.78, 5) is 11.1. The number of carbonyl (C=O) groups is 1. The van der Waals surface area contributed by atoms with Gasteiger partial charge >= 0.3 is 5.97 Å². The van der Waals surface area contributed by atoms with Crippen molar-refractivity contribution in [2.24, 2.45) is 5.92 Å². The van der Waals surface area contributed by atoms with Crippen LogP contribution >= 0.6 is 11.8 Å². The van der Waals surface area contributed by atoms with Gasteiger partial charge in [0.15, 0.2) is 0 Å². The summed E-state index contributed by atoms with van der Waals surface area (Å²) in [5, 5.41) is 4.31. The second-order valence-corrected chi connectivity index (χ2v) is 6.56. The molecule has 0 bridgehead atoms. The van der Waals surface area contributed by atoms with Gasteiger partial charge in [0.05, 0.1) is 13.5 Å². The third-order valence-corrected chi connectivity index (χ3v) is 4.97. The Morgan fingerprint density at radius 3 is 2.89 bits per heavy atom. The first-order valence-electron chi connectivity index (χ1n) is 7.09. The quantitative estimate of drug-likeness (QED) is 0.724. The Hall–Kier alpha value is -0.220. The van der Waals surface area contributed by atoms with Crippen LogP contribution in [0.5, 0.6) is 0 Å². The molecule has 0 aromatic rings. The number of nitrogens with one attached hydrogen (secondary N) is 1. The molecule has 0 spiro atoms. The van der Waals surface area contributed by atoms with Crippen LogP contribution in [0.3, 0.4) is 0 Å². The lowest BCUT2D eigenvalue weighted by Crippen LogP contribution is -2.42. The van der Waals surface area contributed by atoms with E-state index in [4.69, 9.17) is 0 Å². The molecule has 1 fully saturated rings. The highest BCUT2D eigenvalue weighted by Crippen LogP contribution is 2.32. The average molecular weight is 273 g/mol. The van der Waals surface area contributed by atoms with E-state index in [1.165, 1.54) is 32.8 Å². The molecular weight excluding hydrogens is 246 g/mol. The van der Waals surface area contributed by atoms with Crippen molar-refractivity contribution in [3.05, 3.63) is 0 Å². The molecule has 1 aliphatic rings. The zero-order valence-corrected chi connectivity index (χ0v) is 12.7. The lowest BCUT2D eigenvalue weighted by atomic mass is 9.87. The van der Waals surface area contributed by atoms with Crippen LogP contribution in [0.1, 0.15) is 46.0 Å². The summed E-state index contributed by atoms with van der Waals surface area (Å²) < 4.78 is 4.68. The maximum Gasteiger partial charge on any atom is 0.306 e. The largest absolute Gasteiger partial charge is 0.469 e. The minimum atomic E-state index is -0.0931. The maximum atomic E-state index is 11.1. The summed E-state index contributed by atoms with van der Waals surface area (Å²) in [6, 6.07) is 0.629. The topological polar surface area (TPSA) is 38.3 Å². The molecule has 3 nitrogen and oxygen atoms in total. The summed E-state index contributed by atoms with van der Waals surface area (Å²) in [5.74, 6) is 1.61. The Balaban J connectivity index is 2.33. The molecule has 1 aliphatic carbocycles. The van der Waals surface area contributed by atoms with Gasteiger partial charge in [0.2, 0.25) is 0 Å². The molecule has 3 atom stereocenters. The molecule has 1 rings (SSSR count). The van der Waals surface area contributed by atoms with Crippen molar-refractivity contribution < 1.29 is 9.53 Å². The van der Waals surface area contributed by atoms with Crippen LogP contribution in [-0.2, 0) is 9.53 Å². The van der Waals surface area contributed by atoms with Gasteiger partial charge in [0.25, 0.3) is 0 Å². The van der Waals surface area contributed by atoms with E-state index in [0.717, 1.165) is 18.2 Å². The van der Waals surface area contributed by atoms with E-state index < -0.39 is 0 Å². The normalized spacial score (nSPS) is 28.1. The Kier molecular flexibility index (Phi) is 7.75. The number of methoxy groups -OCH3 is 1. The lowest BCUT2D eigenvalue weighted by molar-refractivity contribution is -0.140. The fourth-order valence-electron chi connectivity index (χ4n) is 2.47. The van der Waals surface area contributed by atoms with Gasteiger partial charge in [-0.05, 0) is 38.1 Å². The van der Waals surface area contributed by atoms with Crippen molar-refractivity contribution in [2.45, 2.75) is 57.2 Å². The highest BCUT2D eigenvalue weighted by Gasteiger charge is 2.28. The molecule has 0 aromatic carbocycles. The van der Waals surface area contributed by atoms with Crippen molar-refractivity contribution in [2.75, 3.05) is 19.4 Å². The Morgan fingerprint density at radius 2 is 2.22 bits per heavy atom. The second kappa shape index (κ2) is 8.81. The average Bonchev–Trinajstić information content (AvgIpc) is 2.37. The molecule has 0 aliphatic heterocycles. The summed E-state index contributed by atoms with van der Waals surface area (Å²) in [6.07, 6.45) is 5.60. The van der Waals surface area contributed by atoms with Crippen LogP contribution in [0.15, 0.2) is 0 Å². The van der Waals surface area contributed by atoms with Gasteiger partial charge < -0.3 is 10.1 Å². The predicted octanol–water partition coefficient (Wildman–Crippen LogP) is 2.84. The van der Waals surface area contributed by atoms with Crippen molar-refractivity contribution in [3.8, 4) is 0 Å². The molecule has 0 amide bonds. The molecule has 3 unspecified atom stereocenters. The molecule has 1 N–H and O–H groups in total. The van der Waals surface area contributed by atoms with Gasteiger partial charge in [-0.25, -0.2) is 0 Å². The Morgan fingerprint density at radius 1 is 1.44 bits per heavy atom. The molecule has 18 heavy (non-hydrogen) atoms. The van der Waals surface area contributed by atoms with Crippen LogP contribution < -0.4 is 5.32 Å². The van der Waals surface area contributed by atoms with Crippen molar-refractivity contribution in [1.29, 1.82) is 0 Å². The zero-order valence-electron chi connectivity index (χ0n) is 11.9. The lowest BCUT2D eigenvalue weighted by Gasteiger charge is -2.35. The minimum Gasteiger partial charge on any atom is -0.469 e. The fraction of sp³-hybridized carbons (Fsp3) is 0.929. The van der Waals surface area contributed by atoms with Gasteiger partial charge in [-0.2, -0.15) is 11.8 Å². The number of esters is 1. The van der Waals surface area contributed by atoms with E-state index >= 15 is 0 Å². The van der Waals surface area contributed by atoms with Crippen LogP contribution in [0.25, 0.3) is 0 Å². The molecule has 1 saturated carbocycles. The second-order valence-electron chi connectivity index (χ2n) is 5.21. The van der Waals surface area contributed by atoms with Crippen molar-refractivity contribution in [3.63, 3.8) is 0 Å². The smallest absolute Gasteiger partial charge is 0.306 e. The maximum absolute atomic E-state index is 11.1. The number of hydrogen-bond acceptors (Lipinski definition) is 4. The SMILES string of the molecule is CCCNC1CCC(C)CC1SCCC(=O)OC. The van der Waals surface area contributed by atoms with Crippen LogP contribution in [0.4, 0.5) is 0 Å². The monoisotopic (exact) mass is 273 g/mol. The van der Waals surface area contributed by atoms with E-state index in [9.17, 15) is 4.79 Å². The minimum absolute atomic E-state index is 0.0931. The first-order chi connectivity index (χ1) is 8.67. The molecule has 0 aromatic heterocycles. The summed E-state index contributed by atoms with van der Waals surface area (Å²) in [7, 11) is 1.46. The number of carbonyl (C=O) groups excluding carboxylic acids is 1. The highest BCUT2D eigenvalue weighted by atomic mass is 32.2. The third-order valence-electron chi connectivity index (χ3n) is 3.58. The molecule has 4 heteroatoms. The fourth-order valence-corrected chi connectivity index (χ4v) is 3.99. The Bertz CT molecular complexity index is 246. The molecule has 106 valence electrons. The number of hydrogen-bond donors (Lipinski definition) is 1. The standard InChI is InChI=1S/C14H27NO2S/c1-4-8-15-12-6-5-11(2)10-13(12)18-9-7-14(16)17-3/h11-13,15H,4-10H2,1-3H3. The van der Waals surface area contributed by atoms with E-state index in [2.05, 4.69) is 23.9 Å². The highest BCUT2D eigenvalue weighted by molar-refractivity contribution is 7.99. The summed E-state index contributed by atoms with van der Waals surface area (Å²) in [5.41, 5.74) is 0. The van der Waals surface area contributed by atoms with Crippen LogP contribution in [0, 0.1) is 5.92 Å². The van der Waals surface area contributed by atoms with E-state index in [1.807, 2.05) is 11.8 Å². The Labute approximate surface area is 115 Å². The zero-order chi connectivity index (χ0) is 13.4. The van der Waals surface area contributed by atoms with Gasteiger partial charge in [0, 0.05) is 17.0 Å². The van der Waals surface area contributed by atoms with E-state index in [1.54, 1.807) is 0 Å². The van der Waals surface area contributed by atoms with Crippen molar-refractivity contribution in [1.82, 2.24) is 5.32 Å². The van der Waals surface area contributed by atoms with Crippen LogP contribution in [-0.4, -0.2) is 36.7 Å². The van der Waals surface area contributed by atoms with Gasteiger partial charge in [0.1, 0.15) is 0 Å². The van der Waals surface area contributed by atoms with Gasteiger partial charge in [-0.3, -0.25) is 4.79 Å². The molecule has 0 saturated heterocycles. The third kappa shape index (κ3) is 5.61. The predicted molar refractivity (Wildman–Crippen MR) is 78.0 cm³/mol. The first kappa shape index (κ1) is 15.8. The summed E-state index contributed by atoms with van der Waals surface area (Å²) in [6.45, 7) is 5.65.